The molecule has 3 aromatic rings. The Labute approximate surface area is 211 Å². The quantitative estimate of drug-likeness (QED) is 0.450. The van der Waals surface area contributed by atoms with Crippen molar-refractivity contribution in [1.82, 2.24) is 4.90 Å². The van der Waals surface area contributed by atoms with Crippen LogP contribution in [0, 0.1) is 11.8 Å². The molecule has 6 rings (SSSR count). The maximum atomic E-state index is 14.2. The summed E-state index contributed by atoms with van der Waals surface area (Å²) >= 11 is 6.21. The first-order chi connectivity index (χ1) is 16.8. The third-order valence-electron chi connectivity index (χ3n) is 8.31. The molecule has 0 radical (unpaired) electrons. The van der Waals surface area contributed by atoms with E-state index >= 15 is 0 Å². The monoisotopic (exact) mass is 505 g/mol. The van der Waals surface area contributed by atoms with Crippen molar-refractivity contribution in [2.45, 2.75) is 48.6 Å². The summed E-state index contributed by atoms with van der Waals surface area (Å²) in [7, 11) is -3.33. The van der Waals surface area contributed by atoms with Crippen LogP contribution in [0.2, 0.25) is 5.02 Å². The standard InChI is InChI=1S/C29H28ClNO3S/c1-35(33,34)21-14-15-23-24(16-21)22-8-5-9-25-27(22)28(26(23)19-10-12-20(30)13-11-19)29(32)31(25)17-18-6-3-2-4-7-18/h2-4,6-7,10-16,22,25-28H,5,8-9,17H2,1H3/t22-,25-,26+,27+,28+/m0/s1. The van der Waals surface area contributed by atoms with E-state index in [1.165, 1.54) is 6.26 Å². The number of sulfone groups is 1. The molecule has 2 fully saturated rings. The minimum absolute atomic E-state index is 0.119. The maximum Gasteiger partial charge on any atom is 0.227 e. The molecule has 1 amide bonds. The predicted molar refractivity (Wildman–Crippen MR) is 137 cm³/mol. The minimum Gasteiger partial charge on any atom is -0.335 e. The van der Waals surface area contributed by atoms with Crippen LogP contribution in [0.3, 0.4) is 0 Å². The molecule has 35 heavy (non-hydrogen) atoms. The molecule has 1 heterocycles. The molecule has 2 aliphatic carbocycles. The normalized spacial score (nSPS) is 27.4. The van der Waals surface area contributed by atoms with Crippen LogP contribution in [-0.4, -0.2) is 31.5 Å². The Morgan fingerprint density at radius 1 is 0.943 bits per heavy atom. The fraction of sp³-hybridized carbons (Fsp3) is 0.345. The number of benzene rings is 3. The number of nitrogens with zero attached hydrogens (tertiary/aromatic N) is 1. The van der Waals surface area contributed by atoms with Crippen LogP contribution in [0.1, 0.15) is 53.4 Å². The van der Waals surface area contributed by atoms with Crippen molar-refractivity contribution in [3.63, 3.8) is 0 Å². The largest absolute Gasteiger partial charge is 0.335 e. The molecule has 1 aliphatic heterocycles. The van der Waals surface area contributed by atoms with E-state index in [0.717, 1.165) is 41.5 Å². The van der Waals surface area contributed by atoms with Crippen LogP contribution < -0.4 is 0 Å². The summed E-state index contributed by atoms with van der Waals surface area (Å²) in [5.74, 6) is 0.290. The summed E-state index contributed by atoms with van der Waals surface area (Å²) in [6.07, 6.45) is 4.27. The molecular weight excluding hydrogens is 478 g/mol. The Hall–Kier alpha value is -2.63. The Balaban J connectivity index is 1.52. The van der Waals surface area contributed by atoms with Gasteiger partial charge >= 0.3 is 0 Å². The number of amides is 1. The molecule has 0 unspecified atom stereocenters. The van der Waals surface area contributed by atoms with E-state index in [1.807, 2.05) is 54.6 Å². The van der Waals surface area contributed by atoms with Gasteiger partial charge in [0.2, 0.25) is 5.91 Å². The van der Waals surface area contributed by atoms with Gasteiger partial charge in [-0.3, -0.25) is 4.79 Å². The van der Waals surface area contributed by atoms with Crippen molar-refractivity contribution in [3.05, 3.63) is 100 Å². The Kier molecular flexibility index (Phi) is 5.53. The van der Waals surface area contributed by atoms with Gasteiger partial charge in [0.15, 0.2) is 9.84 Å². The van der Waals surface area contributed by atoms with Crippen molar-refractivity contribution in [2.75, 3.05) is 6.26 Å². The minimum atomic E-state index is -3.33. The first-order valence-corrected chi connectivity index (χ1v) is 14.5. The van der Waals surface area contributed by atoms with E-state index in [4.69, 9.17) is 11.6 Å². The van der Waals surface area contributed by atoms with Gasteiger partial charge in [-0.05, 0) is 71.2 Å². The van der Waals surface area contributed by atoms with Crippen LogP contribution in [0.4, 0.5) is 0 Å². The van der Waals surface area contributed by atoms with Gasteiger partial charge in [0.05, 0.1) is 10.8 Å². The maximum absolute atomic E-state index is 14.2. The van der Waals surface area contributed by atoms with E-state index in [9.17, 15) is 13.2 Å². The molecule has 180 valence electrons. The summed E-state index contributed by atoms with van der Waals surface area (Å²) in [4.78, 5) is 16.7. The number of hydrogen-bond donors (Lipinski definition) is 0. The highest BCUT2D eigenvalue weighted by Gasteiger charge is 2.58. The fourth-order valence-electron chi connectivity index (χ4n) is 6.91. The van der Waals surface area contributed by atoms with Crippen molar-refractivity contribution in [3.8, 4) is 0 Å². The van der Waals surface area contributed by atoms with E-state index in [0.29, 0.717) is 16.5 Å². The number of likely N-dealkylation sites (tertiary alicyclic amines) is 1. The van der Waals surface area contributed by atoms with Gasteiger partial charge in [0.1, 0.15) is 0 Å². The molecule has 3 aliphatic rings. The first kappa shape index (κ1) is 22.8. The molecule has 1 saturated carbocycles. The second kappa shape index (κ2) is 8.49. The first-order valence-electron chi connectivity index (χ1n) is 12.3. The van der Waals surface area contributed by atoms with Crippen LogP contribution >= 0.6 is 11.6 Å². The van der Waals surface area contributed by atoms with E-state index in [-0.39, 0.29) is 35.6 Å². The number of halogens is 1. The van der Waals surface area contributed by atoms with Gasteiger partial charge in [-0.2, -0.15) is 0 Å². The second-order valence-corrected chi connectivity index (χ2v) is 12.7. The molecule has 0 spiro atoms. The van der Waals surface area contributed by atoms with Gasteiger partial charge < -0.3 is 4.90 Å². The van der Waals surface area contributed by atoms with Crippen molar-refractivity contribution < 1.29 is 13.2 Å². The second-order valence-electron chi connectivity index (χ2n) is 10.3. The van der Waals surface area contributed by atoms with E-state index in [2.05, 4.69) is 17.0 Å². The topological polar surface area (TPSA) is 54.5 Å². The van der Waals surface area contributed by atoms with Gasteiger partial charge in [-0.25, -0.2) is 8.42 Å². The molecule has 3 aromatic carbocycles. The lowest BCUT2D eigenvalue weighted by atomic mass is 9.58. The zero-order chi connectivity index (χ0) is 24.3. The lowest BCUT2D eigenvalue weighted by Gasteiger charge is -2.45. The van der Waals surface area contributed by atoms with Crippen LogP contribution in [0.15, 0.2) is 77.7 Å². The highest BCUT2D eigenvalue weighted by Crippen LogP contribution is 2.59. The lowest BCUT2D eigenvalue weighted by Crippen LogP contribution is -2.40. The van der Waals surface area contributed by atoms with Gasteiger partial charge in [0.25, 0.3) is 0 Å². The third-order valence-corrected chi connectivity index (χ3v) is 9.67. The summed E-state index contributed by atoms with van der Waals surface area (Å²) in [6.45, 7) is 0.613. The zero-order valence-corrected chi connectivity index (χ0v) is 21.2. The van der Waals surface area contributed by atoms with E-state index in [1.54, 1.807) is 6.07 Å². The van der Waals surface area contributed by atoms with Crippen LogP contribution in [0.5, 0.6) is 0 Å². The van der Waals surface area contributed by atoms with Gasteiger partial charge in [-0.15, -0.1) is 0 Å². The van der Waals surface area contributed by atoms with Crippen molar-refractivity contribution in [2.24, 2.45) is 11.8 Å². The number of rotatable bonds is 4. The van der Waals surface area contributed by atoms with Crippen LogP contribution in [0.25, 0.3) is 0 Å². The van der Waals surface area contributed by atoms with Crippen molar-refractivity contribution >= 4 is 27.3 Å². The molecule has 5 atom stereocenters. The fourth-order valence-corrected chi connectivity index (χ4v) is 7.70. The summed E-state index contributed by atoms with van der Waals surface area (Å²) in [5, 5.41) is 0.661. The third kappa shape index (κ3) is 3.80. The van der Waals surface area contributed by atoms with Crippen LogP contribution in [-0.2, 0) is 21.2 Å². The average Bonchev–Trinajstić information content (AvgIpc) is 3.12. The number of carbonyl (C=O) groups is 1. The lowest BCUT2D eigenvalue weighted by molar-refractivity contribution is -0.133. The Morgan fingerprint density at radius 2 is 1.69 bits per heavy atom. The van der Waals surface area contributed by atoms with Crippen molar-refractivity contribution in [1.29, 1.82) is 0 Å². The average molecular weight is 506 g/mol. The molecule has 1 saturated heterocycles. The highest BCUT2D eigenvalue weighted by molar-refractivity contribution is 7.90. The zero-order valence-electron chi connectivity index (χ0n) is 19.6. The highest BCUT2D eigenvalue weighted by atomic mass is 35.5. The Bertz CT molecular complexity index is 1390. The SMILES string of the molecule is CS(=O)(=O)c1ccc2c(c1)[C@@H]1CCC[C@H]3[C@@H]1[C@H](C(=O)N3Cc1ccccc1)[C@@H]2c1ccc(Cl)cc1. The summed E-state index contributed by atoms with van der Waals surface area (Å²) < 4.78 is 24.9. The number of hydrogen-bond acceptors (Lipinski definition) is 3. The summed E-state index contributed by atoms with van der Waals surface area (Å²) in [6, 6.07) is 23.7. The van der Waals surface area contributed by atoms with Gasteiger partial charge in [0, 0.05) is 29.8 Å². The number of fused-ring (bicyclic) bond motifs is 2. The molecule has 0 aromatic heterocycles. The number of carbonyl (C=O) groups excluding carboxylic acids is 1. The molecule has 0 N–H and O–H groups in total. The summed E-state index contributed by atoms with van der Waals surface area (Å²) in [5.41, 5.74) is 4.39. The van der Waals surface area contributed by atoms with Gasteiger partial charge in [-0.1, -0.05) is 66.6 Å². The molecular formula is C29H28ClNO3S. The molecule has 4 nitrogen and oxygen atoms in total. The Morgan fingerprint density at radius 3 is 2.40 bits per heavy atom. The smallest absolute Gasteiger partial charge is 0.227 e. The predicted octanol–water partition coefficient (Wildman–Crippen LogP) is 5.80. The van der Waals surface area contributed by atoms with E-state index < -0.39 is 9.84 Å². The molecule has 6 heteroatoms. The molecule has 0 bridgehead atoms.